The first-order valence-electron chi connectivity index (χ1n) is 9.28. The lowest BCUT2D eigenvalue weighted by Crippen LogP contribution is -2.74. The van der Waals surface area contributed by atoms with Crippen LogP contribution in [0.2, 0.25) is 0 Å². The van der Waals surface area contributed by atoms with E-state index in [0.29, 0.717) is 11.0 Å². The van der Waals surface area contributed by atoms with E-state index in [0.717, 1.165) is 0 Å². The molecular weight excluding hydrogens is 557 g/mol. The Morgan fingerprint density at radius 3 is 1.33 bits per heavy atom. The van der Waals surface area contributed by atoms with Crippen molar-refractivity contribution in [2.24, 2.45) is 0 Å². The molecule has 0 aliphatic rings. The van der Waals surface area contributed by atoms with Crippen LogP contribution in [0.15, 0.2) is 12.7 Å². The molecule has 1 amide bonds. The van der Waals surface area contributed by atoms with Crippen molar-refractivity contribution in [2.75, 3.05) is 13.1 Å². The predicted molar refractivity (Wildman–Crippen MR) is 87.0 cm³/mol. The Labute approximate surface area is 191 Å². The van der Waals surface area contributed by atoms with Crippen LogP contribution in [0.3, 0.4) is 0 Å². The molecule has 36 heavy (non-hydrogen) atoms. The summed E-state index contributed by atoms with van der Waals surface area (Å²) in [6.07, 6.45) is -11.0. The number of hydrogen-bond acceptors (Lipinski definition) is 1. The lowest BCUT2D eigenvalue weighted by atomic mass is 9.88. The monoisotopic (exact) mass is 573 g/mol. The lowest BCUT2D eigenvalue weighted by molar-refractivity contribution is -0.461. The number of halogens is 17. The number of amides is 1. The molecule has 214 valence electrons. The molecule has 0 radical (unpaired) electrons. The van der Waals surface area contributed by atoms with E-state index >= 15 is 0 Å². The number of hydrogen-bond donors (Lipinski definition) is 0. The second-order valence-corrected chi connectivity index (χ2v) is 7.28. The molecule has 0 saturated heterocycles. The van der Waals surface area contributed by atoms with Gasteiger partial charge in [-0.25, -0.2) is 0 Å². The van der Waals surface area contributed by atoms with Crippen LogP contribution in [0.5, 0.6) is 0 Å². The topological polar surface area (TPSA) is 20.3 Å². The molecule has 0 N–H and O–H groups in total. The Morgan fingerprint density at radius 1 is 0.639 bits per heavy atom. The smallest absolute Gasteiger partial charge is 0.339 e. The van der Waals surface area contributed by atoms with Gasteiger partial charge in [0.05, 0.1) is 0 Å². The molecule has 0 unspecified atom stereocenters. The van der Waals surface area contributed by atoms with Gasteiger partial charge in [0.25, 0.3) is 0 Å². The fourth-order valence-electron chi connectivity index (χ4n) is 2.58. The summed E-state index contributed by atoms with van der Waals surface area (Å²) in [6.45, 7) is 3.25. The third-order valence-electron chi connectivity index (χ3n) is 4.69. The van der Waals surface area contributed by atoms with E-state index in [1.54, 1.807) is 0 Å². The van der Waals surface area contributed by atoms with Crippen molar-refractivity contribution in [3.05, 3.63) is 12.7 Å². The van der Waals surface area contributed by atoms with Gasteiger partial charge in [-0.2, -0.15) is 74.6 Å². The number of alkyl halides is 17. The van der Waals surface area contributed by atoms with Gasteiger partial charge in [0.15, 0.2) is 0 Å². The molecule has 0 bridgehead atoms. The fraction of sp³-hybridized carbons (Fsp3) is 0.824. The van der Waals surface area contributed by atoms with Crippen LogP contribution in [0.1, 0.15) is 26.2 Å². The molecule has 0 aromatic heterocycles. The summed E-state index contributed by atoms with van der Waals surface area (Å²) in [5.41, 5.74) is 0. The van der Waals surface area contributed by atoms with Crippen molar-refractivity contribution in [1.82, 2.24) is 4.90 Å². The van der Waals surface area contributed by atoms with Gasteiger partial charge in [-0.05, 0) is 18.9 Å². The molecule has 19 heteroatoms. The molecule has 0 fully saturated rings. The molecule has 2 nitrogen and oxygen atoms in total. The van der Waals surface area contributed by atoms with Crippen molar-refractivity contribution in [3.63, 3.8) is 0 Å². The van der Waals surface area contributed by atoms with E-state index < -0.39 is 72.9 Å². The summed E-state index contributed by atoms with van der Waals surface area (Å²) in [5.74, 6) is -57.4. The standard InChI is InChI=1S/C17H16F17NO/c1-3-7-35(9(36)4-2)8-5-6-10(18,19)11(20,21)12(22,23)13(24,25)14(26,27)15(28,29)16(30,31)17(32,33)34/h4H,2-3,5-8H2,1H3. The van der Waals surface area contributed by atoms with Gasteiger partial charge < -0.3 is 4.90 Å². The van der Waals surface area contributed by atoms with Gasteiger partial charge in [0.2, 0.25) is 5.91 Å². The second kappa shape index (κ2) is 10.1. The summed E-state index contributed by atoms with van der Waals surface area (Å²) >= 11 is 0. The summed E-state index contributed by atoms with van der Waals surface area (Å²) in [4.78, 5) is 12.1. The van der Waals surface area contributed by atoms with E-state index in [9.17, 15) is 79.4 Å². The van der Waals surface area contributed by atoms with Crippen LogP contribution in [-0.2, 0) is 4.79 Å². The van der Waals surface area contributed by atoms with Crippen LogP contribution in [-0.4, -0.2) is 71.5 Å². The first-order chi connectivity index (χ1) is 15.7. The Morgan fingerprint density at radius 2 is 1.00 bits per heavy atom. The second-order valence-electron chi connectivity index (χ2n) is 7.28. The highest BCUT2D eigenvalue weighted by molar-refractivity contribution is 5.86. The van der Waals surface area contributed by atoms with Gasteiger partial charge in [0, 0.05) is 19.5 Å². The Kier molecular flexibility index (Phi) is 9.50. The first-order valence-corrected chi connectivity index (χ1v) is 9.28. The molecule has 0 rings (SSSR count). The normalized spacial score (nSPS) is 15.2. The average Bonchev–Trinajstić information content (AvgIpc) is 2.70. The molecule has 0 atom stereocenters. The van der Waals surface area contributed by atoms with Gasteiger partial charge in [-0.3, -0.25) is 4.79 Å². The van der Waals surface area contributed by atoms with Crippen molar-refractivity contribution in [1.29, 1.82) is 0 Å². The number of carbonyl (C=O) groups excluding carboxylic acids is 1. The Balaban J connectivity index is 6.28. The molecule has 0 aliphatic carbocycles. The van der Waals surface area contributed by atoms with E-state index in [-0.39, 0.29) is 13.0 Å². The Bertz CT molecular complexity index is 787. The summed E-state index contributed by atoms with van der Waals surface area (Å²) < 4.78 is 224. The molecule has 0 aromatic carbocycles. The van der Waals surface area contributed by atoms with Crippen LogP contribution < -0.4 is 0 Å². The van der Waals surface area contributed by atoms with Crippen LogP contribution >= 0.6 is 0 Å². The average molecular weight is 573 g/mol. The molecule has 0 spiro atoms. The lowest BCUT2D eigenvalue weighted by Gasteiger charge is -2.42. The van der Waals surface area contributed by atoms with Gasteiger partial charge in [-0.1, -0.05) is 13.5 Å². The quantitative estimate of drug-likeness (QED) is 0.169. The molecule has 0 aliphatic heterocycles. The van der Waals surface area contributed by atoms with E-state index in [1.165, 1.54) is 6.92 Å². The zero-order valence-electron chi connectivity index (χ0n) is 17.6. The maximum Gasteiger partial charge on any atom is 0.460 e. The van der Waals surface area contributed by atoms with Crippen LogP contribution in [0.25, 0.3) is 0 Å². The van der Waals surface area contributed by atoms with Crippen LogP contribution in [0, 0.1) is 0 Å². The molecule has 0 aromatic rings. The summed E-state index contributed by atoms with van der Waals surface area (Å²) in [7, 11) is 0. The van der Waals surface area contributed by atoms with Crippen LogP contribution in [0.4, 0.5) is 74.6 Å². The van der Waals surface area contributed by atoms with Crippen molar-refractivity contribution in [3.8, 4) is 0 Å². The molecular formula is C17H16F17NO. The first kappa shape index (κ1) is 34.0. The minimum atomic E-state index is -8.64. The Hall–Kier alpha value is -1.98. The van der Waals surface area contributed by atoms with Crippen molar-refractivity contribution < 1.29 is 79.4 Å². The third kappa shape index (κ3) is 5.19. The number of rotatable bonds is 13. The van der Waals surface area contributed by atoms with E-state index in [1.807, 2.05) is 0 Å². The van der Waals surface area contributed by atoms with E-state index in [4.69, 9.17) is 0 Å². The highest BCUT2D eigenvalue weighted by atomic mass is 19.4. The van der Waals surface area contributed by atoms with E-state index in [2.05, 4.69) is 6.58 Å². The summed E-state index contributed by atoms with van der Waals surface area (Å²) in [5, 5.41) is 0. The predicted octanol–water partition coefficient (Wildman–Crippen LogP) is 7.20. The number of carbonyl (C=O) groups is 1. The highest BCUT2D eigenvalue weighted by Gasteiger charge is 2.95. The van der Waals surface area contributed by atoms with Gasteiger partial charge in [0.1, 0.15) is 0 Å². The molecule has 0 saturated carbocycles. The van der Waals surface area contributed by atoms with Crippen molar-refractivity contribution in [2.45, 2.75) is 73.8 Å². The minimum Gasteiger partial charge on any atom is -0.339 e. The van der Waals surface area contributed by atoms with Crippen molar-refractivity contribution >= 4 is 5.91 Å². The maximum atomic E-state index is 13.8. The minimum absolute atomic E-state index is 0.127. The number of nitrogens with zero attached hydrogens (tertiary/aromatic N) is 1. The maximum absolute atomic E-state index is 13.8. The largest absolute Gasteiger partial charge is 0.460 e. The SMILES string of the molecule is C=CC(=O)N(CCC)CCCC(F)(F)C(F)(F)C(F)(F)C(F)(F)C(F)(F)C(F)(F)C(F)(F)C(F)(F)F. The fourth-order valence-corrected chi connectivity index (χ4v) is 2.58. The van der Waals surface area contributed by atoms with Gasteiger partial charge >= 0.3 is 47.6 Å². The summed E-state index contributed by atoms with van der Waals surface area (Å²) in [6, 6.07) is 0. The molecule has 0 heterocycles. The zero-order chi connectivity index (χ0) is 29.4. The highest BCUT2D eigenvalue weighted by Crippen LogP contribution is 2.64. The zero-order valence-corrected chi connectivity index (χ0v) is 17.6. The van der Waals surface area contributed by atoms with Gasteiger partial charge in [-0.15, -0.1) is 0 Å². The third-order valence-corrected chi connectivity index (χ3v) is 4.69.